The van der Waals surface area contributed by atoms with E-state index in [0.717, 1.165) is 12.0 Å². The van der Waals surface area contributed by atoms with E-state index in [1.165, 1.54) is 0 Å². The Morgan fingerprint density at radius 2 is 2.13 bits per heavy atom. The zero-order valence-electron chi connectivity index (χ0n) is 8.85. The van der Waals surface area contributed by atoms with Gasteiger partial charge in [-0.25, -0.2) is 0 Å². The molecule has 0 amide bonds. The van der Waals surface area contributed by atoms with Crippen LogP contribution in [0.4, 0.5) is 0 Å². The number of aliphatic hydroxyl groups excluding tert-OH is 1. The summed E-state index contributed by atoms with van der Waals surface area (Å²) in [4.78, 5) is 0. The van der Waals surface area contributed by atoms with Gasteiger partial charge in [0, 0.05) is 0 Å². The van der Waals surface area contributed by atoms with Crippen molar-refractivity contribution in [1.29, 1.82) is 5.26 Å². The number of hydrogen-bond acceptors (Lipinski definition) is 3. The largest absolute Gasteiger partial charge is 0.391 e. The van der Waals surface area contributed by atoms with Gasteiger partial charge in [0.2, 0.25) is 0 Å². The van der Waals surface area contributed by atoms with Crippen LogP contribution in [0.3, 0.4) is 0 Å². The summed E-state index contributed by atoms with van der Waals surface area (Å²) in [7, 11) is 0. The summed E-state index contributed by atoms with van der Waals surface area (Å²) in [5.41, 5.74) is 7.16. The minimum atomic E-state index is -0.579. The molecule has 0 spiro atoms. The van der Waals surface area contributed by atoms with Crippen LogP contribution in [0.2, 0.25) is 0 Å². The Labute approximate surface area is 90.1 Å². The van der Waals surface area contributed by atoms with E-state index in [1.807, 2.05) is 13.0 Å². The molecule has 1 aromatic rings. The number of hydrogen-bond donors (Lipinski definition) is 2. The van der Waals surface area contributed by atoms with Crippen LogP contribution in [-0.4, -0.2) is 11.2 Å². The fourth-order valence-corrected chi connectivity index (χ4v) is 1.57. The maximum Gasteiger partial charge on any atom is 0.0995 e. The first-order valence-corrected chi connectivity index (χ1v) is 5.13. The van der Waals surface area contributed by atoms with E-state index in [-0.39, 0.29) is 0 Å². The Kier molecular flexibility index (Phi) is 4.29. The van der Waals surface area contributed by atoms with Crippen LogP contribution < -0.4 is 5.73 Å². The van der Waals surface area contributed by atoms with Crippen molar-refractivity contribution < 1.29 is 5.11 Å². The van der Waals surface area contributed by atoms with Crippen LogP contribution in [0.5, 0.6) is 0 Å². The molecule has 1 rings (SSSR count). The van der Waals surface area contributed by atoms with Crippen molar-refractivity contribution in [2.45, 2.75) is 31.9 Å². The van der Waals surface area contributed by atoms with E-state index >= 15 is 0 Å². The van der Waals surface area contributed by atoms with Crippen molar-refractivity contribution in [3.63, 3.8) is 0 Å². The molecule has 80 valence electrons. The first-order valence-electron chi connectivity index (χ1n) is 5.13. The molecule has 0 aliphatic carbocycles. The smallest absolute Gasteiger partial charge is 0.0995 e. The molecule has 15 heavy (non-hydrogen) atoms. The maximum absolute atomic E-state index is 9.76. The van der Waals surface area contributed by atoms with Crippen molar-refractivity contribution in [1.82, 2.24) is 0 Å². The quantitative estimate of drug-likeness (QED) is 0.784. The molecule has 0 aromatic heterocycles. The van der Waals surface area contributed by atoms with E-state index in [9.17, 15) is 5.11 Å². The zero-order valence-corrected chi connectivity index (χ0v) is 8.85. The zero-order chi connectivity index (χ0) is 11.3. The fraction of sp³-hybridized carbons (Fsp3) is 0.417. The van der Waals surface area contributed by atoms with Crippen LogP contribution in [0.15, 0.2) is 24.3 Å². The summed E-state index contributed by atoms with van der Waals surface area (Å²) in [5.74, 6) is 0. The minimum absolute atomic E-state index is 0.471. The molecular weight excluding hydrogens is 188 g/mol. The lowest BCUT2D eigenvalue weighted by Gasteiger charge is -2.19. The Morgan fingerprint density at radius 1 is 1.47 bits per heavy atom. The summed E-state index contributed by atoms with van der Waals surface area (Å²) >= 11 is 0. The molecule has 2 atom stereocenters. The van der Waals surface area contributed by atoms with Gasteiger partial charge in [-0.05, 0) is 18.1 Å². The second kappa shape index (κ2) is 5.50. The van der Waals surface area contributed by atoms with Gasteiger partial charge in [0.25, 0.3) is 0 Å². The van der Waals surface area contributed by atoms with Crippen molar-refractivity contribution in [3.05, 3.63) is 35.4 Å². The molecule has 0 aliphatic heterocycles. The molecule has 3 heteroatoms. The molecule has 0 radical (unpaired) electrons. The highest BCUT2D eigenvalue weighted by Crippen LogP contribution is 2.20. The van der Waals surface area contributed by atoms with Crippen LogP contribution in [0.1, 0.15) is 36.9 Å². The first kappa shape index (κ1) is 11.7. The van der Waals surface area contributed by atoms with Crippen molar-refractivity contribution >= 4 is 0 Å². The summed E-state index contributed by atoms with van der Waals surface area (Å²) < 4.78 is 0. The third-order valence-electron chi connectivity index (χ3n) is 2.44. The molecule has 0 fully saturated rings. The lowest BCUT2D eigenvalue weighted by atomic mass is 9.95. The summed E-state index contributed by atoms with van der Waals surface area (Å²) in [6, 6.07) is 8.74. The average molecular weight is 204 g/mol. The highest BCUT2D eigenvalue weighted by molar-refractivity contribution is 5.39. The third kappa shape index (κ3) is 2.79. The van der Waals surface area contributed by atoms with E-state index < -0.39 is 12.1 Å². The molecule has 1 aromatic carbocycles. The number of rotatable bonds is 4. The number of benzene rings is 1. The third-order valence-corrected chi connectivity index (χ3v) is 2.44. The average Bonchev–Trinajstić information content (AvgIpc) is 2.28. The van der Waals surface area contributed by atoms with E-state index in [0.29, 0.717) is 12.0 Å². The molecule has 0 heterocycles. The predicted octanol–water partition coefficient (Wildman–Crippen LogP) is 1.72. The standard InChI is InChI=1S/C12H16N2O/c1-2-5-11(15)12(14)10-7-4-3-6-9(10)8-13/h3-4,6-7,11-12,15H,2,5,14H2,1H3/t11-,12+/m0/s1. The number of nitriles is 1. The second-order valence-corrected chi connectivity index (χ2v) is 3.58. The van der Waals surface area contributed by atoms with Gasteiger partial charge in [0.1, 0.15) is 0 Å². The van der Waals surface area contributed by atoms with Crippen molar-refractivity contribution in [2.75, 3.05) is 0 Å². The summed E-state index contributed by atoms with van der Waals surface area (Å²) in [5, 5.41) is 18.6. The van der Waals surface area contributed by atoms with Crippen molar-refractivity contribution in [3.8, 4) is 6.07 Å². The molecule has 3 nitrogen and oxygen atoms in total. The Morgan fingerprint density at radius 3 is 2.73 bits per heavy atom. The highest BCUT2D eigenvalue weighted by Gasteiger charge is 2.18. The summed E-state index contributed by atoms with van der Waals surface area (Å²) in [6.45, 7) is 1.99. The van der Waals surface area contributed by atoms with Gasteiger partial charge in [-0.1, -0.05) is 31.5 Å². The lowest BCUT2D eigenvalue weighted by Crippen LogP contribution is -2.26. The Bertz CT molecular complexity index is 357. The number of aliphatic hydroxyl groups is 1. The fourth-order valence-electron chi connectivity index (χ4n) is 1.57. The van der Waals surface area contributed by atoms with E-state index in [1.54, 1.807) is 18.2 Å². The number of nitrogens with zero attached hydrogens (tertiary/aromatic N) is 1. The predicted molar refractivity (Wildman–Crippen MR) is 59.0 cm³/mol. The van der Waals surface area contributed by atoms with Crippen LogP contribution >= 0.6 is 0 Å². The monoisotopic (exact) mass is 204 g/mol. The molecule has 3 N–H and O–H groups in total. The normalized spacial score (nSPS) is 14.3. The first-order chi connectivity index (χ1) is 7.20. The lowest BCUT2D eigenvalue weighted by molar-refractivity contribution is 0.134. The maximum atomic E-state index is 9.76. The van der Waals surface area contributed by atoms with Gasteiger partial charge in [-0.15, -0.1) is 0 Å². The van der Waals surface area contributed by atoms with Gasteiger partial charge in [0.05, 0.1) is 23.8 Å². The molecule has 0 saturated carbocycles. The van der Waals surface area contributed by atoms with Crippen LogP contribution in [-0.2, 0) is 0 Å². The van der Waals surface area contributed by atoms with Crippen LogP contribution in [0.25, 0.3) is 0 Å². The SMILES string of the molecule is CCC[C@H](O)[C@H](N)c1ccccc1C#N. The Hall–Kier alpha value is -1.37. The minimum Gasteiger partial charge on any atom is -0.391 e. The number of nitrogens with two attached hydrogens (primary N) is 1. The second-order valence-electron chi connectivity index (χ2n) is 3.58. The molecule has 0 aliphatic rings. The molecule has 0 saturated heterocycles. The van der Waals surface area contributed by atoms with Crippen LogP contribution in [0, 0.1) is 11.3 Å². The van der Waals surface area contributed by atoms with Gasteiger partial charge in [0.15, 0.2) is 0 Å². The van der Waals surface area contributed by atoms with Gasteiger partial charge < -0.3 is 10.8 Å². The highest BCUT2D eigenvalue weighted by atomic mass is 16.3. The van der Waals surface area contributed by atoms with Gasteiger partial charge in [-0.3, -0.25) is 0 Å². The molecule has 0 unspecified atom stereocenters. The topological polar surface area (TPSA) is 70.0 Å². The van der Waals surface area contributed by atoms with Gasteiger partial charge in [-0.2, -0.15) is 5.26 Å². The Balaban J connectivity index is 2.91. The summed E-state index contributed by atoms with van der Waals surface area (Å²) in [6.07, 6.45) is 0.953. The van der Waals surface area contributed by atoms with Crippen molar-refractivity contribution in [2.24, 2.45) is 5.73 Å². The van der Waals surface area contributed by atoms with E-state index in [2.05, 4.69) is 6.07 Å². The molecule has 0 bridgehead atoms. The van der Waals surface area contributed by atoms with Gasteiger partial charge >= 0.3 is 0 Å². The van der Waals surface area contributed by atoms with E-state index in [4.69, 9.17) is 11.0 Å². The molecular formula is C12H16N2O.